The van der Waals surface area contributed by atoms with Crippen LogP contribution in [0.2, 0.25) is 0 Å². The first-order chi connectivity index (χ1) is 9.78. The lowest BCUT2D eigenvalue weighted by Gasteiger charge is -2.13. The number of benzene rings is 2. The Labute approximate surface area is 122 Å². The second-order valence-electron chi connectivity index (χ2n) is 5.09. The van der Waals surface area contributed by atoms with Crippen LogP contribution in [-0.2, 0) is 0 Å². The first-order valence-electron chi connectivity index (χ1n) is 7.61. The van der Waals surface area contributed by atoms with E-state index in [-0.39, 0.29) is 0 Å². The summed E-state index contributed by atoms with van der Waals surface area (Å²) in [5.74, 6) is 1.62. The van der Waals surface area contributed by atoms with Gasteiger partial charge in [-0.3, -0.25) is 0 Å². The van der Waals surface area contributed by atoms with Crippen LogP contribution in [0.5, 0.6) is 5.75 Å². The molecule has 0 aliphatic carbocycles. The molecule has 0 unspecified atom stereocenters. The Morgan fingerprint density at radius 2 is 1.25 bits per heavy atom. The molecule has 2 aromatic rings. The van der Waals surface area contributed by atoms with Crippen molar-refractivity contribution in [1.29, 1.82) is 0 Å². The largest absolute Gasteiger partial charge is 0.494 e. The molecule has 0 saturated heterocycles. The highest BCUT2D eigenvalue weighted by Gasteiger charge is 2.06. The zero-order valence-electron chi connectivity index (χ0n) is 12.7. The minimum atomic E-state index is 0.685. The van der Waals surface area contributed by atoms with E-state index in [0.29, 0.717) is 12.5 Å². The summed E-state index contributed by atoms with van der Waals surface area (Å²) in [6.45, 7) is 7.23. The summed E-state index contributed by atoms with van der Waals surface area (Å²) in [4.78, 5) is 0. The van der Waals surface area contributed by atoms with Crippen LogP contribution in [-0.4, -0.2) is 6.61 Å². The normalized spacial score (nSPS) is 10.8. The lowest BCUT2D eigenvalue weighted by molar-refractivity contribution is 0.340. The Hall–Kier alpha value is -1.76. The summed E-state index contributed by atoms with van der Waals surface area (Å²) in [6, 6.07) is 17.3. The Kier molecular flexibility index (Phi) is 5.23. The van der Waals surface area contributed by atoms with Gasteiger partial charge >= 0.3 is 0 Å². The molecule has 0 fully saturated rings. The molecular formula is C19H24O. The molecule has 2 rings (SSSR count). The van der Waals surface area contributed by atoms with Gasteiger partial charge < -0.3 is 4.74 Å². The minimum absolute atomic E-state index is 0.685. The molecule has 0 heterocycles. The van der Waals surface area contributed by atoms with Crippen molar-refractivity contribution in [1.82, 2.24) is 0 Å². The molecule has 0 bridgehead atoms. The van der Waals surface area contributed by atoms with Crippen LogP contribution in [0.3, 0.4) is 0 Å². The molecule has 2 aromatic carbocycles. The molecular weight excluding hydrogens is 244 g/mol. The maximum atomic E-state index is 5.48. The SMILES string of the molecule is CCOc1ccc(-c2ccc(C(CC)CC)cc2)cc1. The third kappa shape index (κ3) is 3.41. The van der Waals surface area contributed by atoms with Crippen molar-refractivity contribution in [2.75, 3.05) is 6.61 Å². The van der Waals surface area contributed by atoms with Crippen LogP contribution >= 0.6 is 0 Å². The van der Waals surface area contributed by atoms with Gasteiger partial charge in [-0.15, -0.1) is 0 Å². The highest BCUT2D eigenvalue weighted by molar-refractivity contribution is 5.64. The molecule has 20 heavy (non-hydrogen) atoms. The van der Waals surface area contributed by atoms with E-state index >= 15 is 0 Å². The van der Waals surface area contributed by atoms with Crippen molar-refractivity contribution in [3.63, 3.8) is 0 Å². The molecule has 0 radical (unpaired) electrons. The van der Waals surface area contributed by atoms with Crippen molar-refractivity contribution >= 4 is 0 Å². The average molecular weight is 268 g/mol. The number of rotatable bonds is 6. The molecule has 0 atom stereocenters. The molecule has 0 amide bonds. The van der Waals surface area contributed by atoms with Gasteiger partial charge in [-0.05, 0) is 54.5 Å². The van der Waals surface area contributed by atoms with Crippen LogP contribution in [0, 0.1) is 0 Å². The van der Waals surface area contributed by atoms with Gasteiger partial charge in [0, 0.05) is 0 Å². The Bertz CT molecular complexity index is 506. The number of ether oxygens (including phenoxy) is 1. The van der Waals surface area contributed by atoms with Gasteiger partial charge in [-0.1, -0.05) is 50.2 Å². The average Bonchev–Trinajstić information content (AvgIpc) is 2.50. The lowest BCUT2D eigenvalue weighted by atomic mass is 9.92. The molecule has 1 nitrogen and oxygen atoms in total. The van der Waals surface area contributed by atoms with Gasteiger partial charge in [-0.25, -0.2) is 0 Å². The van der Waals surface area contributed by atoms with E-state index < -0.39 is 0 Å². The maximum Gasteiger partial charge on any atom is 0.119 e. The Morgan fingerprint density at radius 1 is 0.750 bits per heavy atom. The summed E-state index contributed by atoms with van der Waals surface area (Å²) in [5, 5.41) is 0. The smallest absolute Gasteiger partial charge is 0.119 e. The second-order valence-corrected chi connectivity index (χ2v) is 5.09. The van der Waals surface area contributed by atoms with Gasteiger partial charge in [0.05, 0.1) is 6.61 Å². The standard InChI is InChI=1S/C19H24O/c1-4-15(5-2)16-7-9-17(10-8-16)18-11-13-19(14-12-18)20-6-3/h7-15H,4-6H2,1-3H3. The van der Waals surface area contributed by atoms with Crippen LogP contribution in [0.15, 0.2) is 48.5 Å². The van der Waals surface area contributed by atoms with E-state index in [1.165, 1.54) is 29.5 Å². The summed E-state index contributed by atoms with van der Waals surface area (Å²) >= 11 is 0. The van der Waals surface area contributed by atoms with E-state index in [2.05, 4.69) is 50.2 Å². The van der Waals surface area contributed by atoms with Crippen molar-refractivity contribution in [3.05, 3.63) is 54.1 Å². The van der Waals surface area contributed by atoms with Crippen molar-refractivity contribution in [2.24, 2.45) is 0 Å². The third-order valence-corrected chi connectivity index (χ3v) is 3.87. The second kappa shape index (κ2) is 7.14. The van der Waals surface area contributed by atoms with Gasteiger partial charge in [0.15, 0.2) is 0 Å². The molecule has 0 aliphatic rings. The summed E-state index contributed by atoms with van der Waals surface area (Å²) in [5.41, 5.74) is 3.96. The summed E-state index contributed by atoms with van der Waals surface area (Å²) < 4.78 is 5.48. The van der Waals surface area contributed by atoms with Crippen molar-refractivity contribution < 1.29 is 4.74 Å². The van der Waals surface area contributed by atoms with E-state index in [4.69, 9.17) is 4.74 Å². The zero-order chi connectivity index (χ0) is 14.4. The van der Waals surface area contributed by atoms with Crippen LogP contribution in [0.1, 0.15) is 45.1 Å². The predicted molar refractivity (Wildman–Crippen MR) is 86.4 cm³/mol. The first kappa shape index (κ1) is 14.6. The highest BCUT2D eigenvalue weighted by atomic mass is 16.5. The number of hydrogen-bond donors (Lipinski definition) is 0. The molecule has 0 spiro atoms. The van der Waals surface area contributed by atoms with E-state index in [1.54, 1.807) is 0 Å². The van der Waals surface area contributed by atoms with Crippen molar-refractivity contribution in [2.45, 2.75) is 39.5 Å². The van der Waals surface area contributed by atoms with E-state index in [0.717, 1.165) is 5.75 Å². The fourth-order valence-corrected chi connectivity index (χ4v) is 2.62. The minimum Gasteiger partial charge on any atom is -0.494 e. The molecule has 1 heteroatoms. The molecule has 0 aliphatic heterocycles. The molecule has 0 saturated carbocycles. The van der Waals surface area contributed by atoms with Gasteiger partial charge in [0.25, 0.3) is 0 Å². The molecule has 0 N–H and O–H groups in total. The monoisotopic (exact) mass is 268 g/mol. The maximum absolute atomic E-state index is 5.48. The number of hydrogen-bond acceptors (Lipinski definition) is 1. The van der Waals surface area contributed by atoms with Crippen LogP contribution in [0.4, 0.5) is 0 Å². The lowest BCUT2D eigenvalue weighted by Crippen LogP contribution is -1.95. The quantitative estimate of drug-likeness (QED) is 0.657. The third-order valence-electron chi connectivity index (χ3n) is 3.87. The summed E-state index contributed by atoms with van der Waals surface area (Å²) in [7, 11) is 0. The van der Waals surface area contributed by atoms with Crippen LogP contribution < -0.4 is 4.74 Å². The summed E-state index contributed by atoms with van der Waals surface area (Å²) in [6.07, 6.45) is 2.41. The fraction of sp³-hybridized carbons (Fsp3) is 0.368. The van der Waals surface area contributed by atoms with Gasteiger partial charge in [-0.2, -0.15) is 0 Å². The highest BCUT2D eigenvalue weighted by Crippen LogP contribution is 2.27. The first-order valence-corrected chi connectivity index (χ1v) is 7.61. The topological polar surface area (TPSA) is 9.23 Å². The van der Waals surface area contributed by atoms with Crippen LogP contribution in [0.25, 0.3) is 11.1 Å². The zero-order valence-corrected chi connectivity index (χ0v) is 12.7. The molecule has 106 valence electrons. The van der Waals surface area contributed by atoms with Crippen molar-refractivity contribution in [3.8, 4) is 16.9 Å². The molecule has 0 aromatic heterocycles. The Morgan fingerprint density at radius 3 is 1.70 bits per heavy atom. The Balaban J connectivity index is 2.17. The predicted octanol–water partition coefficient (Wildman–Crippen LogP) is 5.66. The van der Waals surface area contributed by atoms with Gasteiger partial charge in [0.2, 0.25) is 0 Å². The van der Waals surface area contributed by atoms with E-state index in [1.807, 2.05) is 19.1 Å². The van der Waals surface area contributed by atoms with E-state index in [9.17, 15) is 0 Å². The fourth-order valence-electron chi connectivity index (χ4n) is 2.62. The van der Waals surface area contributed by atoms with Gasteiger partial charge in [0.1, 0.15) is 5.75 Å².